The second-order valence-electron chi connectivity index (χ2n) is 9.76. The Bertz CT molecular complexity index is 1550. The third-order valence-corrected chi connectivity index (χ3v) is 8.65. The van der Waals surface area contributed by atoms with Gasteiger partial charge in [-0.2, -0.15) is 0 Å². The van der Waals surface area contributed by atoms with Crippen LogP contribution in [-0.2, 0) is 21.2 Å². The van der Waals surface area contributed by atoms with Crippen LogP contribution in [0, 0.1) is 5.82 Å². The molecule has 0 fully saturated rings. The molecule has 0 aliphatic carbocycles. The van der Waals surface area contributed by atoms with Crippen molar-refractivity contribution in [3.8, 4) is 22.4 Å². The Morgan fingerprint density at radius 1 is 1.02 bits per heavy atom. The first-order valence-corrected chi connectivity index (χ1v) is 14.8. The van der Waals surface area contributed by atoms with Crippen LogP contribution in [0.4, 0.5) is 4.39 Å². The molecule has 9 heteroatoms. The lowest BCUT2D eigenvalue weighted by Gasteiger charge is -2.26. The summed E-state index contributed by atoms with van der Waals surface area (Å²) in [5.41, 5.74) is 7.59. The molecule has 0 saturated carbocycles. The summed E-state index contributed by atoms with van der Waals surface area (Å²) in [5, 5.41) is 0. The lowest BCUT2D eigenvalue weighted by Crippen LogP contribution is -2.30. The normalized spacial score (nSPS) is 14.3. The quantitative estimate of drug-likeness (QED) is 0.248. The van der Waals surface area contributed by atoms with E-state index in [-0.39, 0.29) is 17.3 Å². The molecule has 0 spiro atoms. The molecule has 3 heterocycles. The third-order valence-electron chi connectivity index (χ3n) is 7.17. The van der Waals surface area contributed by atoms with Gasteiger partial charge in [0.15, 0.2) is 0 Å². The van der Waals surface area contributed by atoms with Crippen LogP contribution in [0.15, 0.2) is 90.2 Å². The topological polar surface area (TPSA) is 87.3 Å². The molecule has 2 N–H and O–H groups in total. The maximum absolute atomic E-state index is 13.6. The van der Waals surface area contributed by atoms with Gasteiger partial charge in [0.25, 0.3) is 0 Å². The number of pyridine rings is 1. The van der Waals surface area contributed by atoms with E-state index in [0.717, 1.165) is 66.0 Å². The number of methoxy groups -OCH3 is 1. The zero-order valence-corrected chi connectivity index (χ0v) is 23.3. The monoisotopic (exact) mass is 560 g/mol. The molecule has 0 amide bonds. The number of rotatable bonds is 11. The molecule has 7 nitrogen and oxygen atoms in total. The molecule has 40 heavy (non-hydrogen) atoms. The summed E-state index contributed by atoms with van der Waals surface area (Å²) in [6, 6.07) is 17.6. The van der Waals surface area contributed by atoms with Crippen LogP contribution < -0.4 is 4.72 Å². The minimum Gasteiger partial charge on any atom is -0.383 e. The fourth-order valence-electron chi connectivity index (χ4n) is 4.98. The van der Waals surface area contributed by atoms with Crippen LogP contribution in [0.2, 0.25) is 0 Å². The molecule has 5 rings (SSSR count). The molecule has 0 atom stereocenters. The number of halogens is 1. The first kappa shape index (κ1) is 27.9. The van der Waals surface area contributed by atoms with Gasteiger partial charge in [-0.25, -0.2) is 17.5 Å². The SMILES string of the molecule is COCCNS(=O)(=O)c1ccc(CCN2CC=C(c3c[nH]c(-c4ccc(F)cc4)c3-c3ccncc3)CC2)cc1. The van der Waals surface area contributed by atoms with Crippen LogP contribution in [-0.4, -0.2) is 63.2 Å². The second-order valence-corrected chi connectivity index (χ2v) is 11.5. The molecule has 1 aliphatic rings. The first-order valence-electron chi connectivity index (χ1n) is 13.3. The number of sulfonamides is 1. The summed E-state index contributed by atoms with van der Waals surface area (Å²) in [6.07, 6.45) is 9.66. The van der Waals surface area contributed by atoms with Gasteiger partial charge in [0, 0.05) is 63.0 Å². The number of benzene rings is 2. The van der Waals surface area contributed by atoms with Gasteiger partial charge in [0.1, 0.15) is 5.82 Å². The Hall–Kier alpha value is -3.63. The van der Waals surface area contributed by atoms with Crippen molar-refractivity contribution in [3.63, 3.8) is 0 Å². The Kier molecular flexibility index (Phi) is 8.86. The molecular formula is C31H33FN4O3S. The van der Waals surface area contributed by atoms with Crippen LogP contribution in [0.25, 0.3) is 28.0 Å². The van der Waals surface area contributed by atoms with Crippen LogP contribution >= 0.6 is 0 Å². The molecule has 2 aromatic heterocycles. The summed E-state index contributed by atoms with van der Waals surface area (Å²) in [7, 11) is -1.99. The number of nitrogens with zero attached hydrogens (tertiary/aromatic N) is 2. The largest absolute Gasteiger partial charge is 0.383 e. The van der Waals surface area contributed by atoms with Crippen molar-refractivity contribution in [2.24, 2.45) is 0 Å². The summed E-state index contributed by atoms with van der Waals surface area (Å²) in [4.78, 5) is 10.3. The van der Waals surface area contributed by atoms with E-state index in [4.69, 9.17) is 4.74 Å². The van der Waals surface area contributed by atoms with Crippen LogP contribution in [0.5, 0.6) is 0 Å². The van der Waals surface area contributed by atoms with Gasteiger partial charge >= 0.3 is 0 Å². The van der Waals surface area contributed by atoms with Crippen molar-refractivity contribution in [3.05, 3.63) is 102 Å². The van der Waals surface area contributed by atoms with Crippen molar-refractivity contribution >= 4 is 15.6 Å². The highest BCUT2D eigenvalue weighted by atomic mass is 32.2. The first-order chi connectivity index (χ1) is 19.4. The van der Waals surface area contributed by atoms with E-state index in [1.165, 1.54) is 24.8 Å². The highest BCUT2D eigenvalue weighted by Gasteiger charge is 2.21. The van der Waals surface area contributed by atoms with Crippen molar-refractivity contribution < 1.29 is 17.5 Å². The Morgan fingerprint density at radius 3 is 2.45 bits per heavy atom. The van der Waals surface area contributed by atoms with Crippen molar-refractivity contribution in [1.29, 1.82) is 0 Å². The smallest absolute Gasteiger partial charge is 0.240 e. The molecule has 0 radical (unpaired) electrons. The van der Waals surface area contributed by atoms with E-state index < -0.39 is 10.0 Å². The molecule has 1 aliphatic heterocycles. The number of hydrogen-bond acceptors (Lipinski definition) is 5. The van der Waals surface area contributed by atoms with E-state index in [9.17, 15) is 12.8 Å². The molecular weight excluding hydrogens is 527 g/mol. The highest BCUT2D eigenvalue weighted by molar-refractivity contribution is 7.89. The van der Waals surface area contributed by atoms with E-state index in [1.807, 2.05) is 24.3 Å². The molecule has 208 valence electrons. The minimum atomic E-state index is -3.53. The molecule has 2 aromatic carbocycles. The summed E-state index contributed by atoms with van der Waals surface area (Å²) in [6.45, 7) is 3.21. The Balaban J connectivity index is 1.26. The van der Waals surface area contributed by atoms with Gasteiger partial charge in [0.05, 0.1) is 17.2 Å². The lowest BCUT2D eigenvalue weighted by atomic mass is 9.92. The van der Waals surface area contributed by atoms with Crippen molar-refractivity contribution in [2.45, 2.75) is 17.7 Å². The number of aromatic amines is 1. The number of hydrogen-bond donors (Lipinski definition) is 2. The maximum Gasteiger partial charge on any atom is 0.240 e. The Labute approximate surface area is 234 Å². The van der Waals surface area contributed by atoms with Gasteiger partial charge in [-0.15, -0.1) is 0 Å². The summed E-state index contributed by atoms with van der Waals surface area (Å²) < 4.78 is 45.8. The number of H-pyrrole nitrogens is 1. The predicted octanol–water partition coefficient (Wildman–Crippen LogP) is 5.14. The van der Waals surface area contributed by atoms with Crippen molar-refractivity contribution in [1.82, 2.24) is 19.6 Å². The lowest BCUT2D eigenvalue weighted by molar-refractivity contribution is 0.204. The molecule has 0 bridgehead atoms. The van der Waals surface area contributed by atoms with Crippen LogP contribution in [0.1, 0.15) is 17.5 Å². The van der Waals surface area contributed by atoms with Gasteiger partial charge in [-0.05, 0) is 83.6 Å². The summed E-state index contributed by atoms with van der Waals surface area (Å²) in [5.74, 6) is -0.257. The molecule has 4 aromatic rings. The average Bonchev–Trinajstić information content (AvgIpc) is 3.43. The van der Waals surface area contributed by atoms with Crippen molar-refractivity contribution in [2.75, 3.05) is 39.9 Å². The average molecular weight is 561 g/mol. The third kappa shape index (κ3) is 6.56. The fourth-order valence-corrected chi connectivity index (χ4v) is 6.00. The highest BCUT2D eigenvalue weighted by Crippen LogP contribution is 2.39. The van der Waals surface area contributed by atoms with Gasteiger partial charge in [0.2, 0.25) is 10.0 Å². The molecule has 0 saturated heterocycles. The number of nitrogens with one attached hydrogen (secondary N) is 2. The standard InChI is InChI=1S/C31H33FN4O3S/c1-39-21-17-35-40(37,38)28-8-2-23(3-9-28)12-18-36-19-13-24(14-20-36)29-22-34-31(26-4-6-27(32)7-5-26)30(29)25-10-15-33-16-11-25/h2-11,13,15-16,22,34-35H,12,14,17-21H2,1H3. The van der Waals surface area contributed by atoms with Crippen LogP contribution in [0.3, 0.4) is 0 Å². The number of ether oxygens (including phenoxy) is 1. The zero-order valence-electron chi connectivity index (χ0n) is 22.4. The van der Waals surface area contributed by atoms with E-state index >= 15 is 0 Å². The number of aromatic nitrogens is 2. The maximum atomic E-state index is 13.6. The van der Waals surface area contributed by atoms with Gasteiger partial charge in [-0.1, -0.05) is 18.2 Å². The fraction of sp³-hybridized carbons (Fsp3) is 0.258. The summed E-state index contributed by atoms with van der Waals surface area (Å²) >= 11 is 0. The van der Waals surface area contributed by atoms with E-state index in [1.54, 1.807) is 36.7 Å². The zero-order chi connectivity index (χ0) is 28.0. The van der Waals surface area contributed by atoms with E-state index in [0.29, 0.717) is 6.61 Å². The molecule has 0 unspecified atom stereocenters. The van der Waals surface area contributed by atoms with Gasteiger partial charge in [-0.3, -0.25) is 9.88 Å². The predicted molar refractivity (Wildman–Crippen MR) is 156 cm³/mol. The second kappa shape index (κ2) is 12.7. The van der Waals surface area contributed by atoms with Gasteiger partial charge < -0.3 is 9.72 Å². The van der Waals surface area contributed by atoms with E-state index in [2.05, 4.69) is 31.9 Å². The Morgan fingerprint density at radius 2 is 1.77 bits per heavy atom. The minimum absolute atomic E-state index is 0.241.